The van der Waals surface area contributed by atoms with Gasteiger partial charge in [0.25, 0.3) is 0 Å². The summed E-state index contributed by atoms with van der Waals surface area (Å²) in [5.74, 6) is 0.715. The number of aromatic nitrogens is 2. The maximum atomic E-state index is 5.83. The Balaban J connectivity index is 1.94. The largest absolute Gasteiger partial charge is 0.473 e. The Morgan fingerprint density at radius 1 is 1.50 bits per heavy atom. The Morgan fingerprint density at radius 2 is 2.44 bits per heavy atom. The summed E-state index contributed by atoms with van der Waals surface area (Å²) in [6.07, 6.45) is 6.23. The van der Waals surface area contributed by atoms with Crippen LogP contribution in [0.1, 0.15) is 31.9 Å². The van der Waals surface area contributed by atoms with Crippen molar-refractivity contribution < 1.29 is 4.74 Å². The fourth-order valence-corrected chi connectivity index (χ4v) is 1.93. The molecule has 1 fully saturated rings. The van der Waals surface area contributed by atoms with Crippen molar-refractivity contribution in [3.8, 4) is 5.88 Å². The van der Waals surface area contributed by atoms with Crippen LogP contribution < -0.4 is 10.1 Å². The van der Waals surface area contributed by atoms with Gasteiger partial charge in [-0.05, 0) is 25.8 Å². The van der Waals surface area contributed by atoms with Crippen LogP contribution in [-0.4, -0.2) is 29.2 Å². The molecule has 16 heavy (non-hydrogen) atoms. The van der Waals surface area contributed by atoms with Crippen LogP contribution in [0.25, 0.3) is 0 Å². The van der Waals surface area contributed by atoms with E-state index < -0.39 is 0 Å². The highest BCUT2D eigenvalue weighted by Gasteiger charge is 2.14. The molecule has 1 N–H and O–H groups in total. The standard InChI is InChI=1S/C12H19N3O/c1-2-4-10-7-12(15-9-14-10)16-11-5-3-6-13-8-11/h7,9,11,13H,2-6,8H2,1H3/t11-/m0/s1. The highest BCUT2D eigenvalue weighted by molar-refractivity contribution is 5.14. The predicted molar refractivity (Wildman–Crippen MR) is 62.5 cm³/mol. The van der Waals surface area contributed by atoms with E-state index in [0.29, 0.717) is 5.88 Å². The number of nitrogens with zero attached hydrogens (tertiary/aromatic N) is 2. The van der Waals surface area contributed by atoms with E-state index >= 15 is 0 Å². The Labute approximate surface area is 96.4 Å². The van der Waals surface area contributed by atoms with E-state index in [1.807, 2.05) is 6.07 Å². The molecule has 0 amide bonds. The van der Waals surface area contributed by atoms with Gasteiger partial charge < -0.3 is 10.1 Å². The minimum Gasteiger partial charge on any atom is -0.473 e. The van der Waals surface area contributed by atoms with Crippen LogP contribution in [0, 0.1) is 0 Å². The summed E-state index contributed by atoms with van der Waals surface area (Å²) in [6, 6.07) is 1.96. The molecule has 1 aliphatic heterocycles. The molecule has 1 aromatic heterocycles. The van der Waals surface area contributed by atoms with Gasteiger partial charge in [0.1, 0.15) is 12.4 Å². The van der Waals surface area contributed by atoms with Gasteiger partial charge >= 0.3 is 0 Å². The zero-order chi connectivity index (χ0) is 11.2. The van der Waals surface area contributed by atoms with Crippen LogP contribution in [0.4, 0.5) is 0 Å². The van der Waals surface area contributed by atoms with Crippen LogP contribution in [0.3, 0.4) is 0 Å². The molecule has 2 rings (SSSR count). The minimum absolute atomic E-state index is 0.262. The smallest absolute Gasteiger partial charge is 0.216 e. The lowest BCUT2D eigenvalue weighted by Crippen LogP contribution is -2.37. The Kier molecular flexibility index (Phi) is 4.10. The molecule has 0 bridgehead atoms. The lowest BCUT2D eigenvalue weighted by atomic mass is 10.1. The molecule has 0 unspecified atom stereocenters. The van der Waals surface area contributed by atoms with Crippen LogP contribution in [0.15, 0.2) is 12.4 Å². The van der Waals surface area contributed by atoms with Crippen molar-refractivity contribution in [2.75, 3.05) is 13.1 Å². The summed E-state index contributed by atoms with van der Waals surface area (Å²) in [4.78, 5) is 8.37. The van der Waals surface area contributed by atoms with Gasteiger partial charge in [-0.25, -0.2) is 9.97 Å². The quantitative estimate of drug-likeness (QED) is 0.838. The van der Waals surface area contributed by atoms with Gasteiger partial charge in [0, 0.05) is 18.3 Å². The summed E-state index contributed by atoms with van der Waals surface area (Å²) >= 11 is 0. The van der Waals surface area contributed by atoms with Crippen molar-refractivity contribution in [3.63, 3.8) is 0 Å². The first-order chi connectivity index (χ1) is 7.88. The van der Waals surface area contributed by atoms with E-state index in [0.717, 1.165) is 38.0 Å². The number of hydrogen-bond donors (Lipinski definition) is 1. The third-order valence-electron chi connectivity index (χ3n) is 2.74. The van der Waals surface area contributed by atoms with E-state index in [2.05, 4.69) is 22.2 Å². The highest BCUT2D eigenvalue weighted by Crippen LogP contribution is 2.13. The van der Waals surface area contributed by atoms with Crippen LogP contribution in [-0.2, 0) is 6.42 Å². The average molecular weight is 221 g/mol. The van der Waals surface area contributed by atoms with E-state index in [1.54, 1.807) is 6.33 Å². The van der Waals surface area contributed by atoms with E-state index in [4.69, 9.17) is 4.74 Å². The summed E-state index contributed by atoms with van der Waals surface area (Å²) < 4.78 is 5.83. The predicted octanol–water partition coefficient (Wildman–Crippen LogP) is 1.56. The summed E-state index contributed by atoms with van der Waals surface area (Å²) in [5.41, 5.74) is 1.07. The molecule has 0 radical (unpaired) electrons. The normalized spacial score (nSPS) is 20.7. The number of aryl methyl sites for hydroxylation is 1. The first-order valence-electron chi connectivity index (χ1n) is 6.07. The molecule has 0 aliphatic carbocycles. The highest BCUT2D eigenvalue weighted by atomic mass is 16.5. The topological polar surface area (TPSA) is 47.0 Å². The van der Waals surface area contributed by atoms with Gasteiger partial charge in [0.2, 0.25) is 5.88 Å². The lowest BCUT2D eigenvalue weighted by molar-refractivity contribution is 0.160. The lowest BCUT2D eigenvalue weighted by Gasteiger charge is -2.23. The Hall–Kier alpha value is -1.16. The number of piperidine rings is 1. The zero-order valence-electron chi connectivity index (χ0n) is 9.78. The molecule has 1 aliphatic rings. The fourth-order valence-electron chi connectivity index (χ4n) is 1.93. The molecule has 1 atom stereocenters. The fraction of sp³-hybridized carbons (Fsp3) is 0.667. The molecule has 1 aromatic rings. The van der Waals surface area contributed by atoms with Crippen molar-refractivity contribution in [1.29, 1.82) is 0 Å². The van der Waals surface area contributed by atoms with Crippen molar-refractivity contribution in [1.82, 2.24) is 15.3 Å². The number of nitrogens with one attached hydrogen (secondary N) is 1. The maximum Gasteiger partial charge on any atom is 0.216 e. The van der Waals surface area contributed by atoms with Crippen molar-refractivity contribution in [2.24, 2.45) is 0 Å². The minimum atomic E-state index is 0.262. The maximum absolute atomic E-state index is 5.83. The van der Waals surface area contributed by atoms with Gasteiger partial charge in [-0.1, -0.05) is 13.3 Å². The molecule has 0 spiro atoms. The average Bonchev–Trinajstić information content (AvgIpc) is 2.31. The number of rotatable bonds is 4. The molecule has 4 nitrogen and oxygen atoms in total. The monoisotopic (exact) mass is 221 g/mol. The Bertz CT molecular complexity index is 324. The van der Waals surface area contributed by atoms with Crippen molar-refractivity contribution >= 4 is 0 Å². The zero-order valence-corrected chi connectivity index (χ0v) is 9.78. The molecular formula is C12H19N3O. The molecule has 2 heterocycles. The van der Waals surface area contributed by atoms with Crippen molar-refractivity contribution in [2.45, 2.75) is 38.7 Å². The van der Waals surface area contributed by atoms with Crippen molar-refractivity contribution in [3.05, 3.63) is 18.1 Å². The SMILES string of the molecule is CCCc1cc(O[C@H]2CCCNC2)ncn1. The number of hydrogen-bond acceptors (Lipinski definition) is 4. The molecule has 1 saturated heterocycles. The summed E-state index contributed by atoms with van der Waals surface area (Å²) in [5, 5.41) is 3.33. The molecular weight excluding hydrogens is 202 g/mol. The second kappa shape index (κ2) is 5.80. The van der Waals surface area contributed by atoms with Gasteiger partial charge in [-0.3, -0.25) is 0 Å². The van der Waals surface area contributed by atoms with Gasteiger partial charge in [0.15, 0.2) is 0 Å². The molecule has 0 saturated carbocycles. The second-order valence-corrected chi connectivity index (χ2v) is 4.18. The Morgan fingerprint density at radius 3 is 3.19 bits per heavy atom. The van der Waals surface area contributed by atoms with E-state index in [9.17, 15) is 0 Å². The summed E-state index contributed by atoms with van der Waals surface area (Å²) in [7, 11) is 0. The van der Waals surface area contributed by atoms with Gasteiger partial charge in [-0.2, -0.15) is 0 Å². The van der Waals surface area contributed by atoms with Gasteiger partial charge in [-0.15, -0.1) is 0 Å². The third-order valence-corrected chi connectivity index (χ3v) is 2.74. The second-order valence-electron chi connectivity index (χ2n) is 4.18. The third kappa shape index (κ3) is 3.17. The van der Waals surface area contributed by atoms with Crippen LogP contribution in [0.5, 0.6) is 5.88 Å². The first kappa shape index (κ1) is 11.3. The van der Waals surface area contributed by atoms with Crippen LogP contribution >= 0.6 is 0 Å². The summed E-state index contributed by atoms with van der Waals surface area (Å²) in [6.45, 7) is 4.17. The van der Waals surface area contributed by atoms with Gasteiger partial charge in [0.05, 0.1) is 0 Å². The van der Waals surface area contributed by atoms with Crippen LogP contribution in [0.2, 0.25) is 0 Å². The van der Waals surface area contributed by atoms with E-state index in [-0.39, 0.29) is 6.10 Å². The molecule has 0 aromatic carbocycles. The first-order valence-corrected chi connectivity index (χ1v) is 6.07. The molecule has 4 heteroatoms. The molecule has 88 valence electrons. The van der Waals surface area contributed by atoms with E-state index in [1.165, 1.54) is 6.42 Å². The number of ether oxygens (including phenoxy) is 1.